The van der Waals surface area contributed by atoms with Crippen LogP contribution in [0.3, 0.4) is 0 Å². The zero-order valence-electron chi connectivity index (χ0n) is 19.6. The van der Waals surface area contributed by atoms with Crippen LogP contribution in [0.1, 0.15) is 48.2 Å². The van der Waals surface area contributed by atoms with Crippen molar-refractivity contribution in [3.8, 4) is 11.3 Å². The molecule has 0 radical (unpaired) electrons. The fraction of sp³-hybridized carbons (Fsp3) is 0.480. The van der Waals surface area contributed by atoms with Crippen LogP contribution in [-0.4, -0.2) is 55.4 Å². The van der Waals surface area contributed by atoms with Gasteiger partial charge in [-0.1, -0.05) is 18.6 Å². The zero-order valence-corrected chi connectivity index (χ0v) is 20.4. The molecule has 4 rings (SSSR count). The minimum atomic E-state index is -3.83. The van der Waals surface area contributed by atoms with E-state index in [1.807, 2.05) is 0 Å². The van der Waals surface area contributed by atoms with Gasteiger partial charge in [-0.25, -0.2) is 21.9 Å². The Hall–Kier alpha value is -2.72. The van der Waals surface area contributed by atoms with Gasteiger partial charge in [0.25, 0.3) is 0 Å². The number of Topliss-reactive ketones (excluding diaryl/α,β-unsaturated/α-hetero) is 1. The lowest BCUT2D eigenvalue weighted by atomic mass is 9.83. The molecule has 1 aromatic carbocycles. The van der Waals surface area contributed by atoms with Gasteiger partial charge in [-0.05, 0) is 56.7 Å². The third-order valence-corrected chi connectivity index (χ3v) is 8.23. The molecule has 1 atom stereocenters. The summed E-state index contributed by atoms with van der Waals surface area (Å²) in [5.41, 5.74) is 0.236. The first-order chi connectivity index (χ1) is 16.6. The zero-order chi connectivity index (χ0) is 25.2. The van der Waals surface area contributed by atoms with Crippen molar-refractivity contribution in [3.63, 3.8) is 0 Å². The molecule has 2 heterocycles. The lowest BCUT2D eigenvalue weighted by molar-refractivity contribution is -0.139. The van der Waals surface area contributed by atoms with Crippen molar-refractivity contribution in [2.45, 2.75) is 39.0 Å². The molecule has 2 aromatic rings. The van der Waals surface area contributed by atoms with E-state index < -0.39 is 34.0 Å². The number of carbonyl (C=O) groups excluding carboxylic acids is 2. The van der Waals surface area contributed by atoms with Gasteiger partial charge < -0.3 is 4.90 Å². The quantitative estimate of drug-likeness (QED) is 0.554. The van der Waals surface area contributed by atoms with Crippen LogP contribution in [0.2, 0.25) is 0 Å². The second kappa shape index (κ2) is 10.5. The number of amides is 1. The SMILES string of the molecule is Cc1nc(-c2cccc(F)c2)cc(C(=O)CNS(=O)(=O)CC2CCCN(C(=O)C3CCC3)C2)c1F. The summed E-state index contributed by atoms with van der Waals surface area (Å²) in [4.78, 5) is 31.1. The number of hydrogen-bond acceptors (Lipinski definition) is 5. The minimum Gasteiger partial charge on any atom is -0.342 e. The Balaban J connectivity index is 1.40. The van der Waals surface area contributed by atoms with Crippen LogP contribution >= 0.6 is 0 Å². The number of benzene rings is 1. The smallest absolute Gasteiger partial charge is 0.225 e. The Labute approximate surface area is 204 Å². The van der Waals surface area contributed by atoms with E-state index in [9.17, 15) is 26.8 Å². The normalized spacial score (nSPS) is 18.8. The Morgan fingerprint density at radius 3 is 2.60 bits per heavy atom. The lowest BCUT2D eigenvalue weighted by Crippen LogP contribution is -2.46. The third-order valence-electron chi connectivity index (χ3n) is 6.74. The molecule has 1 aliphatic heterocycles. The molecule has 0 bridgehead atoms. The minimum absolute atomic E-state index is 0.0450. The summed E-state index contributed by atoms with van der Waals surface area (Å²) in [6.45, 7) is 1.81. The Kier molecular flexibility index (Phi) is 7.61. The van der Waals surface area contributed by atoms with Crippen molar-refractivity contribution in [1.82, 2.24) is 14.6 Å². The number of piperidine rings is 1. The second-order valence-corrected chi connectivity index (χ2v) is 11.3. The third kappa shape index (κ3) is 6.10. The maximum atomic E-state index is 14.7. The summed E-state index contributed by atoms with van der Waals surface area (Å²) in [6, 6.07) is 6.75. The van der Waals surface area contributed by atoms with Crippen molar-refractivity contribution < 1.29 is 26.8 Å². The van der Waals surface area contributed by atoms with Crippen molar-refractivity contribution >= 4 is 21.7 Å². The highest BCUT2D eigenvalue weighted by atomic mass is 32.2. The first-order valence-corrected chi connectivity index (χ1v) is 13.5. The van der Waals surface area contributed by atoms with Crippen molar-refractivity contribution in [3.05, 3.63) is 53.2 Å². The summed E-state index contributed by atoms with van der Waals surface area (Å²) in [5.74, 6) is -2.34. The predicted octanol–water partition coefficient (Wildman–Crippen LogP) is 3.48. The van der Waals surface area contributed by atoms with Gasteiger partial charge >= 0.3 is 0 Å². The van der Waals surface area contributed by atoms with Gasteiger partial charge in [-0.2, -0.15) is 0 Å². The summed E-state index contributed by atoms with van der Waals surface area (Å²) >= 11 is 0. The Morgan fingerprint density at radius 1 is 1.14 bits per heavy atom. The molecule has 1 amide bonds. The average molecular weight is 506 g/mol. The van der Waals surface area contributed by atoms with E-state index in [-0.39, 0.29) is 40.4 Å². The highest BCUT2D eigenvalue weighted by molar-refractivity contribution is 7.89. The molecule has 2 fully saturated rings. The van der Waals surface area contributed by atoms with Crippen LogP contribution < -0.4 is 4.72 Å². The standard InChI is InChI=1S/C25H29F2N3O4S/c1-16-24(27)21(12-22(29-16)19-8-3-9-20(26)11-19)23(31)13-28-35(33,34)15-17-5-4-10-30(14-17)25(32)18-6-2-7-18/h3,8-9,11-12,17-18,28H,2,4-7,10,13-15H2,1H3. The molecule has 1 N–H and O–H groups in total. The van der Waals surface area contributed by atoms with Gasteiger partial charge in [-0.3, -0.25) is 14.6 Å². The Bertz CT molecular complexity index is 1230. The lowest BCUT2D eigenvalue weighted by Gasteiger charge is -2.37. The fourth-order valence-corrected chi connectivity index (χ4v) is 5.97. The number of hydrogen-bond donors (Lipinski definition) is 1. The summed E-state index contributed by atoms with van der Waals surface area (Å²) in [5, 5.41) is 0. The number of halogens is 2. The number of rotatable bonds is 8. The van der Waals surface area contributed by atoms with Crippen LogP contribution in [0.5, 0.6) is 0 Å². The number of ketones is 1. The molecule has 1 saturated carbocycles. The highest BCUT2D eigenvalue weighted by Crippen LogP contribution is 2.30. The molecule has 1 unspecified atom stereocenters. The molecule has 7 nitrogen and oxygen atoms in total. The second-order valence-electron chi connectivity index (χ2n) is 9.41. The van der Waals surface area contributed by atoms with Crippen LogP contribution in [0.25, 0.3) is 11.3 Å². The molecule has 0 spiro atoms. The van der Waals surface area contributed by atoms with E-state index >= 15 is 0 Å². The molecule has 1 saturated heterocycles. The largest absolute Gasteiger partial charge is 0.342 e. The monoisotopic (exact) mass is 505 g/mol. The maximum absolute atomic E-state index is 14.7. The molecule has 1 aliphatic carbocycles. The van der Waals surface area contributed by atoms with E-state index in [0.29, 0.717) is 25.1 Å². The molecule has 188 valence electrons. The maximum Gasteiger partial charge on any atom is 0.225 e. The van der Waals surface area contributed by atoms with Crippen molar-refractivity contribution in [1.29, 1.82) is 0 Å². The van der Waals surface area contributed by atoms with Crippen molar-refractivity contribution in [2.24, 2.45) is 11.8 Å². The topological polar surface area (TPSA) is 96.4 Å². The molecule has 2 aliphatic rings. The van der Waals surface area contributed by atoms with Crippen LogP contribution in [0.15, 0.2) is 30.3 Å². The van der Waals surface area contributed by atoms with Gasteiger partial charge in [0.05, 0.1) is 29.2 Å². The van der Waals surface area contributed by atoms with Gasteiger partial charge in [0, 0.05) is 24.6 Å². The number of nitrogens with one attached hydrogen (secondary N) is 1. The number of aryl methyl sites for hydroxylation is 1. The van der Waals surface area contributed by atoms with Crippen LogP contribution in [0, 0.1) is 30.4 Å². The molecular formula is C25H29F2N3O4S. The van der Waals surface area contributed by atoms with E-state index in [1.165, 1.54) is 31.2 Å². The van der Waals surface area contributed by atoms with E-state index in [0.717, 1.165) is 25.7 Å². The highest BCUT2D eigenvalue weighted by Gasteiger charge is 2.33. The van der Waals surface area contributed by atoms with Gasteiger partial charge in [0.15, 0.2) is 11.6 Å². The number of aromatic nitrogens is 1. The molecule has 10 heteroatoms. The predicted molar refractivity (Wildman–Crippen MR) is 127 cm³/mol. The Morgan fingerprint density at radius 2 is 1.91 bits per heavy atom. The van der Waals surface area contributed by atoms with E-state index in [1.54, 1.807) is 11.0 Å². The summed E-state index contributed by atoms with van der Waals surface area (Å²) in [6.07, 6.45) is 4.27. The summed E-state index contributed by atoms with van der Waals surface area (Å²) < 4.78 is 55.9. The van der Waals surface area contributed by atoms with Crippen molar-refractivity contribution in [2.75, 3.05) is 25.4 Å². The first-order valence-electron chi connectivity index (χ1n) is 11.9. The number of likely N-dealkylation sites (tertiary alicyclic amines) is 1. The van der Waals surface area contributed by atoms with Gasteiger partial charge in [0.1, 0.15) is 5.82 Å². The number of sulfonamides is 1. The van der Waals surface area contributed by atoms with E-state index in [2.05, 4.69) is 9.71 Å². The molecule has 1 aromatic heterocycles. The number of nitrogens with zero attached hydrogens (tertiary/aromatic N) is 2. The molecular weight excluding hydrogens is 476 g/mol. The van der Waals surface area contributed by atoms with Gasteiger partial charge in [0.2, 0.25) is 15.9 Å². The van der Waals surface area contributed by atoms with Gasteiger partial charge in [-0.15, -0.1) is 0 Å². The summed E-state index contributed by atoms with van der Waals surface area (Å²) in [7, 11) is -3.83. The first kappa shape index (κ1) is 25.4. The van der Waals surface area contributed by atoms with Crippen LogP contribution in [-0.2, 0) is 14.8 Å². The van der Waals surface area contributed by atoms with E-state index in [4.69, 9.17) is 0 Å². The van der Waals surface area contributed by atoms with Crippen LogP contribution in [0.4, 0.5) is 8.78 Å². The average Bonchev–Trinajstić information content (AvgIpc) is 2.78. The fourth-order valence-electron chi connectivity index (χ4n) is 4.61. The molecule has 35 heavy (non-hydrogen) atoms. The number of carbonyl (C=O) groups is 2. The number of pyridine rings is 1.